The Morgan fingerprint density at radius 1 is 0.491 bits per heavy atom. The minimum Gasteiger partial charge on any atom is -0.870 e. The minimum absolute atomic E-state index is 0. The summed E-state index contributed by atoms with van der Waals surface area (Å²) in [5.41, 5.74) is 8.73. The minimum atomic E-state index is -3.88. The van der Waals surface area contributed by atoms with E-state index in [0.29, 0.717) is 25.5 Å². The number of phenols is 1. The van der Waals surface area contributed by atoms with Crippen LogP contribution in [0.25, 0.3) is 11.4 Å². The van der Waals surface area contributed by atoms with E-state index in [-0.39, 0.29) is 119 Å². The van der Waals surface area contributed by atoms with E-state index in [9.17, 15) is 23.1 Å². The molecule has 0 radical (unpaired) electrons. The second-order valence-corrected chi connectivity index (χ2v) is 27.9. The van der Waals surface area contributed by atoms with Crippen molar-refractivity contribution in [1.29, 1.82) is 0 Å². The smallest absolute Gasteiger partial charge is 0.870 e. The molecule has 6 atom stereocenters. The van der Waals surface area contributed by atoms with E-state index in [1.807, 2.05) is 137 Å². The van der Waals surface area contributed by atoms with Gasteiger partial charge in [0, 0.05) is 86.2 Å². The Balaban J connectivity index is 0.000000179. The van der Waals surface area contributed by atoms with Crippen LogP contribution in [0.15, 0.2) is 234 Å². The van der Waals surface area contributed by atoms with Crippen LogP contribution in [0.3, 0.4) is 0 Å². The van der Waals surface area contributed by atoms with Gasteiger partial charge in [0.05, 0.1) is 73.0 Å². The predicted molar refractivity (Wildman–Crippen MR) is 405 cm³/mol. The molecule has 564 valence electrons. The maximum atomic E-state index is 12.8. The largest absolute Gasteiger partial charge is 1.00 e. The summed E-state index contributed by atoms with van der Waals surface area (Å²) >= 11 is 0. The van der Waals surface area contributed by atoms with Crippen molar-refractivity contribution in [2.75, 3.05) is 98.4 Å². The molecule has 4 aromatic heterocycles. The van der Waals surface area contributed by atoms with Crippen molar-refractivity contribution in [2.24, 2.45) is 0 Å². The number of nitrogens with zero attached hydrogens (tertiary/aromatic N) is 16. The standard InChI is InChI=1S/C35H40N8O4.C22H27N5O2.C20H21N3O5S.CH4.K.H2O/c1-3-27(2)43-34(44)41(26-38-43)31-11-9-29(10-12-31)39-19-21-40(22-20-39)30-13-15-32(16-14-30)45-23-33-24-46-35(47-33,25-42-36-17-18-37-42)28-7-5-4-6-8-28;1-3-17(2)27-22(29)26(16-23-27)20-6-4-18(5-7-20)24-12-14-25(15-13-24)19-8-10-21(28)11-9-19;1-16-7-9-19(10-8-16)29(24,25)27-14-18-13-26-20(28-18,15-23-21-11-12-22-23)17-5-3-2-4-6-17;;;/h4-18,26-27,33H,3,19-25H2,1-2H3;4-11,16-17,28H,3,12-15H2,1-2H3;2-12,18H,13-15H2,1H3;1H4;;1H2/q;;;;+1;/p-1/t27-,33-,35-;17-;18-,20+;;;/m001.../s1. The second kappa shape index (κ2) is 37.3. The molecule has 28 nitrogen and oxygen atoms in total. The Kier molecular flexibility index (Phi) is 28.1. The van der Waals surface area contributed by atoms with Gasteiger partial charge < -0.3 is 53.9 Å². The van der Waals surface area contributed by atoms with Gasteiger partial charge >= 0.3 is 62.8 Å². The Hall–Kier alpha value is -9.15. The van der Waals surface area contributed by atoms with Gasteiger partial charge in [-0.15, -0.1) is 0 Å². The van der Waals surface area contributed by atoms with Gasteiger partial charge in [0.2, 0.25) is 11.6 Å². The third-order valence-electron chi connectivity index (χ3n) is 19.3. The molecular weight excluding hydrogens is 1420 g/mol. The maximum absolute atomic E-state index is 12.8. The first-order valence-corrected chi connectivity index (χ1v) is 36.9. The van der Waals surface area contributed by atoms with Gasteiger partial charge in [-0.1, -0.05) is 99.6 Å². The Morgan fingerprint density at radius 3 is 1.22 bits per heavy atom. The van der Waals surface area contributed by atoms with Crippen LogP contribution >= 0.6 is 0 Å². The number of aryl methyl sites for hydroxylation is 1. The van der Waals surface area contributed by atoms with Crippen molar-refractivity contribution >= 4 is 32.9 Å². The SMILES string of the molecule is C.CC[C@H](C)n1ncn(-c2ccc(N3CCN(c4ccc(O)cc4)CC3)cc2)c1=O.CC[C@H](C)n1ncn(-c2ccc(N3CCN(c4ccc(OC[C@H]5CO[C@](Cn6nccn6)(c6ccccc6)O5)cc4)CC3)cc2)c1=O.Cc1ccc(S(=O)(=O)OC[C@H]2CO[C@](Cn3nccn3)(c3ccccc3)O2)cc1.[K+].[OH-]. The Bertz CT molecular complexity index is 4780. The normalized spacial score (nSPS) is 19.0. The molecule has 0 spiro atoms. The molecule has 7 aromatic carbocycles. The number of piperazine rings is 2. The Labute approximate surface area is 671 Å². The van der Waals surface area contributed by atoms with E-state index < -0.39 is 27.8 Å². The molecule has 0 aliphatic carbocycles. The molecule has 4 aliphatic heterocycles. The molecule has 11 aromatic rings. The van der Waals surface area contributed by atoms with Gasteiger partial charge in [-0.3, -0.25) is 4.18 Å². The molecule has 0 bridgehead atoms. The van der Waals surface area contributed by atoms with Crippen LogP contribution in [0, 0.1) is 6.92 Å². The monoisotopic (exact) mass is 1520 g/mol. The van der Waals surface area contributed by atoms with Crippen LogP contribution in [-0.4, -0.2) is 169 Å². The number of hydrogen-bond acceptors (Lipinski definition) is 22. The number of anilines is 4. The molecule has 8 heterocycles. The summed E-state index contributed by atoms with van der Waals surface area (Å²) in [5.74, 6) is -1.02. The van der Waals surface area contributed by atoms with Gasteiger partial charge in [-0.05, 0) is 143 Å². The number of aromatic hydroxyl groups is 1. The quantitative estimate of drug-likeness (QED) is 0.0496. The summed E-state index contributed by atoms with van der Waals surface area (Å²) in [5, 5.41) is 34.8. The van der Waals surface area contributed by atoms with Crippen molar-refractivity contribution in [1.82, 2.24) is 58.7 Å². The molecule has 0 unspecified atom stereocenters. The average Bonchev–Trinajstić information content (AvgIpc) is 1.62. The second-order valence-electron chi connectivity index (χ2n) is 26.3. The zero-order valence-corrected chi connectivity index (χ0v) is 64.9. The first-order valence-electron chi connectivity index (χ1n) is 35.5. The first-order chi connectivity index (χ1) is 51.0. The zero-order chi connectivity index (χ0) is 72.9. The van der Waals surface area contributed by atoms with Crippen molar-refractivity contribution in [2.45, 2.75) is 109 Å². The number of aromatic nitrogens is 12. The number of hydrogen-bond donors (Lipinski definition) is 1. The zero-order valence-electron chi connectivity index (χ0n) is 60.9. The topological polar surface area (TPSA) is 294 Å². The predicted octanol–water partition coefficient (Wildman–Crippen LogP) is 7.03. The summed E-state index contributed by atoms with van der Waals surface area (Å²) in [4.78, 5) is 38.0. The summed E-state index contributed by atoms with van der Waals surface area (Å²) in [6.45, 7) is 18.7. The van der Waals surface area contributed by atoms with Crippen molar-refractivity contribution in [3.05, 3.63) is 257 Å². The molecule has 0 amide bonds. The third kappa shape index (κ3) is 19.5. The van der Waals surface area contributed by atoms with Gasteiger partial charge in [-0.25, -0.2) is 28.1 Å². The van der Waals surface area contributed by atoms with E-state index >= 15 is 0 Å². The molecule has 15 rings (SSSR count). The van der Waals surface area contributed by atoms with E-state index in [0.717, 1.165) is 116 Å². The van der Waals surface area contributed by atoms with E-state index in [1.165, 1.54) is 27.3 Å². The number of benzene rings is 7. The average molecular weight is 1520 g/mol. The van der Waals surface area contributed by atoms with Crippen LogP contribution < -0.4 is 87.1 Å². The van der Waals surface area contributed by atoms with Crippen LogP contribution in [-0.2, 0) is 57.9 Å². The summed E-state index contributed by atoms with van der Waals surface area (Å²) < 4.78 is 67.4. The molecule has 0 saturated carbocycles. The van der Waals surface area contributed by atoms with Crippen molar-refractivity contribution in [3.63, 3.8) is 0 Å². The molecule has 4 saturated heterocycles. The Morgan fingerprint density at radius 2 is 0.843 bits per heavy atom. The van der Waals surface area contributed by atoms with Crippen LogP contribution in [0.2, 0.25) is 0 Å². The third-order valence-corrected chi connectivity index (χ3v) is 20.6. The van der Waals surface area contributed by atoms with Crippen molar-refractivity contribution in [3.8, 4) is 22.9 Å². The molecule has 108 heavy (non-hydrogen) atoms. The van der Waals surface area contributed by atoms with Crippen molar-refractivity contribution < 1.29 is 98.3 Å². The fourth-order valence-corrected chi connectivity index (χ4v) is 13.9. The number of phenolic OH excluding ortho intramolecular Hbond substituents is 1. The summed E-state index contributed by atoms with van der Waals surface area (Å²) in [6, 6.07) is 57.9. The van der Waals surface area contributed by atoms with Gasteiger partial charge in [0.1, 0.15) is 56.1 Å². The molecule has 4 aliphatic rings. The molecule has 30 heteroatoms. The van der Waals surface area contributed by atoms with Crippen LogP contribution in [0.1, 0.15) is 76.7 Å². The summed E-state index contributed by atoms with van der Waals surface area (Å²) in [6.07, 6.45) is 10.6. The van der Waals surface area contributed by atoms with Gasteiger partial charge in [0.15, 0.2) is 0 Å². The fourth-order valence-electron chi connectivity index (χ4n) is 12.9. The first kappa shape index (κ1) is 81.4. The van der Waals surface area contributed by atoms with E-state index in [1.54, 1.807) is 80.3 Å². The van der Waals surface area contributed by atoms with Gasteiger partial charge in [-0.2, -0.15) is 48.6 Å². The van der Waals surface area contributed by atoms with Crippen LogP contribution in [0.5, 0.6) is 11.5 Å². The van der Waals surface area contributed by atoms with E-state index in [2.05, 4.69) is 93.5 Å². The maximum Gasteiger partial charge on any atom is 1.00 e. The molecule has 2 N–H and O–H groups in total. The summed E-state index contributed by atoms with van der Waals surface area (Å²) in [7, 11) is -3.88. The van der Waals surface area contributed by atoms with Crippen LogP contribution in [0.4, 0.5) is 22.7 Å². The van der Waals surface area contributed by atoms with E-state index in [4.69, 9.17) is 27.9 Å². The fraction of sp³-hybridized carbons (Fsp3) is 0.359. The molecular formula is C78H93KN16O12S. The molecule has 4 fully saturated rings. The number of ether oxygens (including phenoxy) is 5. The van der Waals surface area contributed by atoms with Gasteiger partial charge in [0.25, 0.3) is 10.1 Å². The number of rotatable bonds is 23.